The van der Waals surface area contributed by atoms with Crippen LogP contribution in [0.5, 0.6) is 0 Å². The molecule has 0 aliphatic carbocycles. The van der Waals surface area contributed by atoms with Gasteiger partial charge in [-0.1, -0.05) is 12.1 Å². The highest BCUT2D eigenvalue weighted by molar-refractivity contribution is 7.99. The summed E-state index contributed by atoms with van der Waals surface area (Å²) in [6.07, 6.45) is 3.39. The van der Waals surface area contributed by atoms with Crippen molar-refractivity contribution < 1.29 is 9.53 Å². The van der Waals surface area contributed by atoms with E-state index in [9.17, 15) is 4.79 Å². The molecule has 0 spiro atoms. The first-order chi connectivity index (χ1) is 10.3. The molecule has 2 rings (SSSR count). The molecular formula is C14H18N4O2S. The first-order valence-corrected chi connectivity index (χ1v) is 8.02. The van der Waals surface area contributed by atoms with Gasteiger partial charge in [0.15, 0.2) is 5.69 Å². The van der Waals surface area contributed by atoms with E-state index < -0.39 is 5.97 Å². The van der Waals surface area contributed by atoms with Crippen molar-refractivity contribution in [3.8, 4) is 11.3 Å². The summed E-state index contributed by atoms with van der Waals surface area (Å²) in [7, 11) is 0. The molecule has 0 fully saturated rings. The largest absolute Gasteiger partial charge is 0.461 e. The van der Waals surface area contributed by atoms with Gasteiger partial charge in [0.05, 0.1) is 13.2 Å². The van der Waals surface area contributed by atoms with Crippen LogP contribution in [0.2, 0.25) is 0 Å². The number of ether oxygens (including phenoxy) is 1. The second kappa shape index (κ2) is 7.78. The fraction of sp³-hybridized carbons (Fsp3) is 0.429. The van der Waals surface area contributed by atoms with Crippen LogP contribution in [0.25, 0.3) is 11.3 Å². The highest BCUT2D eigenvalue weighted by Crippen LogP contribution is 2.22. The molecule has 0 aromatic carbocycles. The summed E-state index contributed by atoms with van der Waals surface area (Å²) >= 11 is 1.81. The molecule has 0 aliphatic rings. The van der Waals surface area contributed by atoms with Gasteiger partial charge in [0.25, 0.3) is 0 Å². The molecule has 2 heterocycles. The predicted molar refractivity (Wildman–Crippen MR) is 82.2 cm³/mol. The van der Waals surface area contributed by atoms with Gasteiger partial charge in [-0.05, 0) is 24.8 Å². The van der Waals surface area contributed by atoms with Gasteiger partial charge in [-0.2, -0.15) is 11.8 Å². The van der Waals surface area contributed by atoms with Gasteiger partial charge in [-0.3, -0.25) is 4.98 Å². The molecule has 0 saturated heterocycles. The lowest BCUT2D eigenvalue weighted by Crippen LogP contribution is -2.09. The van der Waals surface area contributed by atoms with Crippen molar-refractivity contribution in [1.29, 1.82) is 0 Å². The quantitative estimate of drug-likeness (QED) is 0.577. The molecule has 21 heavy (non-hydrogen) atoms. The molecule has 7 heteroatoms. The highest BCUT2D eigenvalue weighted by Gasteiger charge is 2.22. The third kappa shape index (κ3) is 3.81. The Bertz CT molecular complexity index is 586. The molecule has 0 radical (unpaired) electrons. The molecule has 0 unspecified atom stereocenters. The van der Waals surface area contributed by atoms with Crippen LogP contribution in [0.1, 0.15) is 24.3 Å². The number of nitrogens with zero attached hydrogens (tertiary/aromatic N) is 4. The van der Waals surface area contributed by atoms with Crippen LogP contribution in [-0.2, 0) is 11.3 Å². The van der Waals surface area contributed by atoms with E-state index in [1.165, 1.54) is 0 Å². The van der Waals surface area contributed by atoms with Crippen LogP contribution in [0.15, 0.2) is 24.5 Å². The second-order valence-electron chi connectivity index (χ2n) is 4.17. The fourth-order valence-electron chi connectivity index (χ4n) is 1.89. The van der Waals surface area contributed by atoms with Crippen LogP contribution in [0, 0.1) is 0 Å². The van der Waals surface area contributed by atoms with E-state index in [0.717, 1.165) is 17.1 Å². The van der Waals surface area contributed by atoms with E-state index >= 15 is 0 Å². The Morgan fingerprint density at radius 3 is 2.95 bits per heavy atom. The Morgan fingerprint density at radius 2 is 2.29 bits per heavy atom. The number of esters is 1. The van der Waals surface area contributed by atoms with Crippen LogP contribution < -0.4 is 0 Å². The number of aryl methyl sites for hydroxylation is 1. The summed E-state index contributed by atoms with van der Waals surface area (Å²) in [4.78, 5) is 16.1. The van der Waals surface area contributed by atoms with Gasteiger partial charge in [0.2, 0.25) is 0 Å². The lowest BCUT2D eigenvalue weighted by atomic mass is 10.1. The minimum absolute atomic E-state index is 0.242. The van der Waals surface area contributed by atoms with Crippen molar-refractivity contribution in [2.75, 3.05) is 18.1 Å². The smallest absolute Gasteiger partial charge is 0.361 e. The van der Waals surface area contributed by atoms with Crippen LogP contribution >= 0.6 is 11.8 Å². The molecule has 0 amide bonds. The molecule has 0 atom stereocenters. The van der Waals surface area contributed by atoms with Crippen molar-refractivity contribution in [3.05, 3.63) is 30.2 Å². The van der Waals surface area contributed by atoms with Crippen LogP contribution in [-0.4, -0.2) is 44.1 Å². The third-order valence-corrected chi connectivity index (χ3v) is 3.67. The van der Waals surface area contributed by atoms with Crippen LogP contribution in [0.3, 0.4) is 0 Å². The molecule has 2 aromatic rings. The Balaban J connectivity index is 2.35. The average molecular weight is 306 g/mol. The number of carbonyl (C=O) groups excluding carboxylic acids is 1. The highest BCUT2D eigenvalue weighted by atomic mass is 32.2. The molecule has 0 saturated carbocycles. The number of aromatic nitrogens is 4. The number of thioether (sulfide) groups is 1. The number of rotatable bonds is 7. The molecule has 2 aromatic heterocycles. The number of carbonyl (C=O) groups is 1. The first kappa shape index (κ1) is 15.5. The van der Waals surface area contributed by atoms with Crippen molar-refractivity contribution in [1.82, 2.24) is 20.0 Å². The molecular weight excluding hydrogens is 288 g/mol. The minimum atomic E-state index is -0.453. The normalized spacial score (nSPS) is 10.6. The summed E-state index contributed by atoms with van der Waals surface area (Å²) in [6, 6.07) is 3.71. The van der Waals surface area contributed by atoms with Gasteiger partial charge < -0.3 is 4.74 Å². The van der Waals surface area contributed by atoms with Gasteiger partial charge in [0, 0.05) is 23.7 Å². The average Bonchev–Trinajstić information content (AvgIpc) is 2.93. The predicted octanol–water partition coefficient (Wildman–Crippen LogP) is 2.27. The Labute approximate surface area is 127 Å². The number of pyridine rings is 1. The SMILES string of the molecule is CCOC(=O)c1nnn(CCSCC)c1-c1cccnc1. The molecule has 0 bridgehead atoms. The fourth-order valence-corrected chi connectivity index (χ4v) is 2.48. The standard InChI is InChI=1S/C14H18N4O2S/c1-3-20-14(19)12-13(11-6-5-7-15-10-11)18(17-16-12)8-9-21-4-2/h5-7,10H,3-4,8-9H2,1-2H3. The van der Waals surface area contributed by atoms with E-state index in [1.54, 1.807) is 24.0 Å². The third-order valence-electron chi connectivity index (χ3n) is 2.79. The Morgan fingerprint density at radius 1 is 1.43 bits per heavy atom. The summed E-state index contributed by atoms with van der Waals surface area (Å²) in [5.74, 6) is 1.50. The van der Waals surface area contributed by atoms with Crippen molar-refractivity contribution in [2.24, 2.45) is 0 Å². The molecule has 6 nitrogen and oxygen atoms in total. The monoisotopic (exact) mass is 306 g/mol. The van der Waals surface area contributed by atoms with E-state index in [0.29, 0.717) is 18.8 Å². The van der Waals surface area contributed by atoms with E-state index in [-0.39, 0.29) is 5.69 Å². The lowest BCUT2D eigenvalue weighted by Gasteiger charge is -2.07. The molecule has 112 valence electrons. The molecule has 0 aliphatic heterocycles. The zero-order valence-electron chi connectivity index (χ0n) is 12.2. The van der Waals surface area contributed by atoms with Crippen LogP contribution in [0.4, 0.5) is 0 Å². The van der Waals surface area contributed by atoms with Gasteiger partial charge >= 0.3 is 5.97 Å². The van der Waals surface area contributed by atoms with Gasteiger partial charge in [-0.15, -0.1) is 5.10 Å². The first-order valence-electron chi connectivity index (χ1n) is 6.86. The van der Waals surface area contributed by atoms with E-state index in [2.05, 4.69) is 22.2 Å². The number of hydrogen-bond acceptors (Lipinski definition) is 6. The van der Waals surface area contributed by atoms with Crippen molar-refractivity contribution >= 4 is 17.7 Å². The van der Waals surface area contributed by atoms with Crippen molar-refractivity contribution in [2.45, 2.75) is 20.4 Å². The zero-order valence-corrected chi connectivity index (χ0v) is 13.0. The zero-order chi connectivity index (χ0) is 15.1. The summed E-state index contributed by atoms with van der Waals surface area (Å²) < 4.78 is 6.79. The minimum Gasteiger partial charge on any atom is -0.461 e. The van der Waals surface area contributed by atoms with Crippen molar-refractivity contribution in [3.63, 3.8) is 0 Å². The maximum Gasteiger partial charge on any atom is 0.361 e. The van der Waals surface area contributed by atoms with Gasteiger partial charge in [-0.25, -0.2) is 9.48 Å². The maximum absolute atomic E-state index is 12.0. The van der Waals surface area contributed by atoms with E-state index in [4.69, 9.17) is 4.74 Å². The maximum atomic E-state index is 12.0. The van der Waals surface area contributed by atoms with E-state index in [1.807, 2.05) is 23.9 Å². The summed E-state index contributed by atoms with van der Waals surface area (Å²) in [5.41, 5.74) is 1.72. The number of hydrogen-bond donors (Lipinski definition) is 0. The Hall–Kier alpha value is -1.89. The lowest BCUT2D eigenvalue weighted by molar-refractivity contribution is 0.0520. The summed E-state index contributed by atoms with van der Waals surface area (Å²) in [6.45, 7) is 4.88. The Kier molecular flexibility index (Phi) is 5.74. The molecule has 0 N–H and O–H groups in total. The summed E-state index contributed by atoms with van der Waals surface area (Å²) in [5, 5.41) is 8.08. The second-order valence-corrected chi connectivity index (χ2v) is 5.56. The topological polar surface area (TPSA) is 69.9 Å². The van der Waals surface area contributed by atoms with Gasteiger partial charge in [0.1, 0.15) is 5.69 Å².